The van der Waals surface area contributed by atoms with Crippen LogP contribution in [0.5, 0.6) is 11.5 Å². The molecule has 109 valence electrons. The predicted octanol–water partition coefficient (Wildman–Crippen LogP) is 3.57. The molecule has 21 heavy (non-hydrogen) atoms. The summed E-state index contributed by atoms with van der Waals surface area (Å²) >= 11 is 0. The summed E-state index contributed by atoms with van der Waals surface area (Å²) in [7, 11) is 4.54. The number of carbonyl (C=O) groups is 1. The maximum Gasteiger partial charge on any atom is 0.578 e. The molecule has 0 unspecified atom stereocenters. The Morgan fingerprint density at radius 1 is 0.762 bits per heavy atom. The Bertz CT molecular complexity index is 545. The van der Waals surface area contributed by atoms with Crippen molar-refractivity contribution in [2.24, 2.45) is 0 Å². The smallest absolute Gasteiger partial charge is 0.497 e. The van der Waals surface area contributed by atoms with Crippen molar-refractivity contribution in [2.75, 3.05) is 21.3 Å². The Morgan fingerprint density at radius 3 is 1.43 bits per heavy atom. The van der Waals surface area contributed by atoms with Crippen molar-refractivity contribution in [1.29, 1.82) is 0 Å². The van der Waals surface area contributed by atoms with E-state index in [-0.39, 0.29) is 0 Å². The molecule has 0 saturated heterocycles. The number of hydrogen-bond donors (Lipinski definition) is 0. The molecule has 0 saturated carbocycles. The summed E-state index contributed by atoms with van der Waals surface area (Å²) in [6, 6.07) is 14.3. The zero-order valence-corrected chi connectivity index (χ0v) is 12.2. The van der Waals surface area contributed by atoms with Crippen LogP contribution < -0.4 is 14.4 Å². The number of rotatable bonds is 4. The van der Waals surface area contributed by atoms with Crippen LogP contribution in [0.3, 0.4) is 0 Å². The highest BCUT2D eigenvalue weighted by molar-refractivity contribution is 5.84. The van der Waals surface area contributed by atoms with Gasteiger partial charge in [0, 0.05) is 29.2 Å². The van der Waals surface area contributed by atoms with Crippen LogP contribution in [0.15, 0.2) is 48.5 Å². The van der Waals surface area contributed by atoms with E-state index in [9.17, 15) is 4.79 Å². The average molecular weight is 287 g/mol. The van der Waals surface area contributed by atoms with E-state index < -0.39 is 6.09 Å². The van der Waals surface area contributed by atoms with Gasteiger partial charge in [-0.15, -0.1) is 0 Å². The normalized spacial score (nSPS) is 10.3. The average Bonchev–Trinajstić information content (AvgIpc) is 2.56. The maximum absolute atomic E-state index is 12.1. The SMILES string of the molecule is COC(=O)[N+](c1ccc(OC)cc1)c1ccc(OC)cc1. The second kappa shape index (κ2) is 6.76. The lowest BCUT2D eigenvalue weighted by Gasteiger charge is -2.08. The first-order chi connectivity index (χ1) is 10.2. The first-order valence-electron chi connectivity index (χ1n) is 6.35. The van der Waals surface area contributed by atoms with Crippen molar-refractivity contribution in [3.05, 3.63) is 48.5 Å². The molecule has 2 rings (SSSR count). The van der Waals surface area contributed by atoms with Crippen LogP contribution in [0, 0.1) is 0 Å². The highest BCUT2D eigenvalue weighted by Crippen LogP contribution is 2.28. The highest BCUT2D eigenvalue weighted by Gasteiger charge is 2.33. The van der Waals surface area contributed by atoms with Crippen molar-refractivity contribution in [2.45, 2.75) is 0 Å². The Balaban J connectivity index is 2.38. The maximum atomic E-state index is 12.1. The fourth-order valence-electron chi connectivity index (χ4n) is 1.91. The molecule has 0 heterocycles. The van der Waals surface area contributed by atoms with E-state index in [0.717, 1.165) is 11.5 Å². The third-order valence-electron chi connectivity index (χ3n) is 3.02. The van der Waals surface area contributed by atoms with E-state index >= 15 is 0 Å². The molecule has 1 amide bonds. The summed E-state index contributed by atoms with van der Waals surface area (Å²) in [5, 5.41) is 0. The minimum atomic E-state index is -0.467. The van der Waals surface area contributed by atoms with E-state index in [4.69, 9.17) is 14.2 Å². The Labute approximate surface area is 123 Å². The van der Waals surface area contributed by atoms with Gasteiger partial charge in [0.2, 0.25) is 0 Å². The van der Waals surface area contributed by atoms with Gasteiger partial charge in [-0.2, -0.15) is 4.79 Å². The minimum absolute atomic E-state index is 0.467. The zero-order chi connectivity index (χ0) is 15.2. The van der Waals surface area contributed by atoms with Gasteiger partial charge in [0.25, 0.3) is 0 Å². The lowest BCUT2D eigenvalue weighted by atomic mass is 10.2. The molecule has 5 heteroatoms. The van der Waals surface area contributed by atoms with E-state index in [0.29, 0.717) is 11.4 Å². The number of anilines is 2. The molecule has 0 spiro atoms. The van der Waals surface area contributed by atoms with Gasteiger partial charge in [-0.25, -0.2) is 0 Å². The van der Waals surface area contributed by atoms with Crippen molar-refractivity contribution in [1.82, 2.24) is 4.90 Å². The first-order valence-corrected chi connectivity index (χ1v) is 6.35. The fraction of sp³-hybridized carbons (Fsp3) is 0.188. The largest absolute Gasteiger partial charge is 0.578 e. The number of amides is 1. The molecule has 1 radical (unpaired) electrons. The molecule has 0 fully saturated rings. The van der Waals surface area contributed by atoms with Gasteiger partial charge in [0.05, 0.1) is 21.3 Å². The molecule has 0 aromatic heterocycles. The summed E-state index contributed by atoms with van der Waals surface area (Å²) in [6.45, 7) is 0. The number of benzene rings is 2. The number of ether oxygens (including phenoxy) is 3. The van der Waals surface area contributed by atoms with Crippen molar-refractivity contribution in [3.8, 4) is 11.5 Å². The molecule has 2 aromatic rings. The van der Waals surface area contributed by atoms with Crippen LogP contribution in [0.4, 0.5) is 16.2 Å². The van der Waals surface area contributed by atoms with Gasteiger partial charge in [-0.1, -0.05) is 0 Å². The molecule has 0 N–H and O–H groups in total. The van der Waals surface area contributed by atoms with Crippen LogP contribution in [-0.4, -0.2) is 27.4 Å². The van der Waals surface area contributed by atoms with Crippen molar-refractivity contribution in [3.63, 3.8) is 0 Å². The lowest BCUT2D eigenvalue weighted by Crippen LogP contribution is -2.26. The number of methoxy groups -OCH3 is 3. The molecular weight excluding hydrogens is 270 g/mol. The summed E-state index contributed by atoms with van der Waals surface area (Å²) in [5.41, 5.74) is 1.38. The fourth-order valence-corrected chi connectivity index (χ4v) is 1.91. The van der Waals surface area contributed by atoms with Crippen LogP contribution in [0.2, 0.25) is 0 Å². The number of hydrogen-bond acceptors (Lipinski definition) is 4. The third kappa shape index (κ3) is 3.32. The van der Waals surface area contributed by atoms with Crippen LogP contribution in [0.25, 0.3) is 0 Å². The van der Waals surface area contributed by atoms with E-state index in [1.54, 1.807) is 62.8 Å². The summed E-state index contributed by atoms with van der Waals surface area (Å²) in [6.07, 6.45) is -0.467. The summed E-state index contributed by atoms with van der Waals surface area (Å²) in [4.78, 5) is 13.5. The van der Waals surface area contributed by atoms with Gasteiger partial charge in [0.1, 0.15) is 11.5 Å². The molecular formula is C16H17NO4+. The number of carbonyl (C=O) groups excluding carboxylic acids is 1. The molecule has 0 aliphatic heterocycles. The quantitative estimate of drug-likeness (QED) is 0.807. The second-order valence-corrected chi connectivity index (χ2v) is 4.20. The summed E-state index contributed by atoms with van der Waals surface area (Å²) < 4.78 is 15.1. The van der Waals surface area contributed by atoms with E-state index in [1.807, 2.05) is 0 Å². The predicted molar refractivity (Wildman–Crippen MR) is 79.8 cm³/mol. The minimum Gasteiger partial charge on any atom is -0.497 e. The molecule has 0 aliphatic rings. The second-order valence-electron chi connectivity index (χ2n) is 4.20. The standard InChI is InChI=1S/C16H17NO4/c1-19-14-8-4-12(5-9-14)17(16(18)21-3)13-6-10-15(20-2)11-7-13/h4-11H,1-3H3/q+1. The zero-order valence-electron chi connectivity index (χ0n) is 12.2. The van der Waals surface area contributed by atoms with Crippen LogP contribution in [-0.2, 0) is 4.74 Å². The Kier molecular flexibility index (Phi) is 4.79. The Morgan fingerprint density at radius 2 is 1.14 bits per heavy atom. The molecule has 5 nitrogen and oxygen atoms in total. The topological polar surface area (TPSA) is 50.7 Å². The Hall–Kier alpha value is -2.53. The first kappa shape index (κ1) is 14.9. The van der Waals surface area contributed by atoms with Crippen LogP contribution >= 0.6 is 0 Å². The third-order valence-corrected chi connectivity index (χ3v) is 3.02. The van der Waals surface area contributed by atoms with Crippen molar-refractivity contribution >= 4 is 17.5 Å². The molecule has 0 aliphatic carbocycles. The molecule has 0 bridgehead atoms. The van der Waals surface area contributed by atoms with Gasteiger partial charge in [0.15, 0.2) is 11.4 Å². The highest BCUT2D eigenvalue weighted by atomic mass is 16.5. The van der Waals surface area contributed by atoms with Crippen LogP contribution in [0.1, 0.15) is 0 Å². The van der Waals surface area contributed by atoms with Gasteiger partial charge in [-0.05, 0) is 24.3 Å². The summed E-state index contributed by atoms with van der Waals surface area (Å²) in [5.74, 6) is 1.44. The van der Waals surface area contributed by atoms with Gasteiger partial charge >= 0.3 is 6.09 Å². The monoisotopic (exact) mass is 287 g/mol. The van der Waals surface area contributed by atoms with Gasteiger partial charge < -0.3 is 14.2 Å². The van der Waals surface area contributed by atoms with E-state index in [2.05, 4.69) is 0 Å². The molecule has 0 atom stereocenters. The molecule has 2 aromatic carbocycles. The lowest BCUT2D eigenvalue weighted by molar-refractivity contribution is 0.167. The van der Waals surface area contributed by atoms with Crippen molar-refractivity contribution < 1.29 is 19.0 Å². The number of nitrogens with zero attached hydrogens (tertiary/aromatic N) is 1. The van der Waals surface area contributed by atoms with E-state index in [1.165, 1.54) is 12.0 Å². The van der Waals surface area contributed by atoms with Gasteiger partial charge in [-0.3, -0.25) is 0 Å².